The lowest BCUT2D eigenvalue weighted by Gasteiger charge is -2.40. The van der Waals surface area contributed by atoms with Crippen LogP contribution in [0.5, 0.6) is 0 Å². The van der Waals surface area contributed by atoms with Crippen molar-refractivity contribution < 1.29 is 14.3 Å². The number of carbonyl (C=O) groups is 1. The SMILES string of the molecule is CC(C(=O)O)C1CN(Cc2ncc(-c3ccccc3)o2)C1. The summed E-state index contributed by atoms with van der Waals surface area (Å²) in [4.78, 5) is 17.4. The van der Waals surface area contributed by atoms with E-state index in [0.717, 1.165) is 24.4 Å². The summed E-state index contributed by atoms with van der Waals surface area (Å²) in [6, 6.07) is 9.86. The molecule has 3 rings (SSSR count). The summed E-state index contributed by atoms with van der Waals surface area (Å²) >= 11 is 0. The number of hydrogen-bond donors (Lipinski definition) is 1. The molecule has 0 radical (unpaired) electrons. The molecule has 1 atom stereocenters. The molecule has 21 heavy (non-hydrogen) atoms. The van der Waals surface area contributed by atoms with Gasteiger partial charge >= 0.3 is 5.97 Å². The molecule has 1 aromatic carbocycles. The molecule has 5 heteroatoms. The van der Waals surface area contributed by atoms with Crippen molar-refractivity contribution in [3.8, 4) is 11.3 Å². The lowest BCUT2D eigenvalue weighted by Crippen LogP contribution is -2.50. The maximum atomic E-state index is 10.9. The second-order valence-electron chi connectivity index (χ2n) is 5.57. The molecular formula is C16H18N2O3. The van der Waals surface area contributed by atoms with E-state index in [4.69, 9.17) is 9.52 Å². The number of nitrogens with zero attached hydrogens (tertiary/aromatic N) is 2. The van der Waals surface area contributed by atoms with Crippen LogP contribution in [-0.4, -0.2) is 34.0 Å². The van der Waals surface area contributed by atoms with E-state index >= 15 is 0 Å². The molecule has 1 fully saturated rings. The predicted octanol–water partition coefficient (Wildman–Crippen LogP) is 2.49. The third-order valence-electron chi connectivity index (χ3n) is 4.05. The first kappa shape index (κ1) is 13.8. The Morgan fingerprint density at radius 2 is 2.14 bits per heavy atom. The number of benzene rings is 1. The van der Waals surface area contributed by atoms with Gasteiger partial charge in [-0.3, -0.25) is 9.69 Å². The van der Waals surface area contributed by atoms with Gasteiger partial charge in [-0.05, 0) is 5.92 Å². The zero-order valence-electron chi connectivity index (χ0n) is 11.9. The fourth-order valence-corrected chi connectivity index (χ4v) is 2.57. The molecule has 0 spiro atoms. The lowest BCUT2D eigenvalue weighted by atomic mass is 9.87. The van der Waals surface area contributed by atoms with Gasteiger partial charge in [-0.1, -0.05) is 37.3 Å². The number of likely N-dealkylation sites (tertiary alicyclic amines) is 1. The number of hydrogen-bond acceptors (Lipinski definition) is 4. The molecule has 110 valence electrons. The van der Waals surface area contributed by atoms with Gasteiger partial charge in [-0.2, -0.15) is 0 Å². The average molecular weight is 286 g/mol. The fourth-order valence-electron chi connectivity index (χ4n) is 2.57. The molecule has 1 unspecified atom stereocenters. The van der Waals surface area contributed by atoms with Gasteiger partial charge in [0.2, 0.25) is 5.89 Å². The Morgan fingerprint density at radius 1 is 1.43 bits per heavy atom. The molecule has 2 aromatic rings. The summed E-state index contributed by atoms with van der Waals surface area (Å²) < 4.78 is 5.75. The van der Waals surface area contributed by atoms with Crippen LogP contribution < -0.4 is 0 Å². The quantitative estimate of drug-likeness (QED) is 0.914. The number of carboxylic acids is 1. The number of carboxylic acid groups (broad SMARTS) is 1. The minimum Gasteiger partial charge on any atom is -0.481 e. The van der Waals surface area contributed by atoms with E-state index in [9.17, 15) is 4.79 Å². The standard InChI is InChI=1S/C16H18N2O3/c1-11(16(19)20)13-8-18(9-13)10-15-17-7-14(21-15)12-5-3-2-4-6-12/h2-7,11,13H,8-10H2,1H3,(H,19,20). The summed E-state index contributed by atoms with van der Waals surface area (Å²) in [5.41, 5.74) is 1.01. The van der Waals surface area contributed by atoms with Gasteiger partial charge in [-0.15, -0.1) is 0 Å². The first-order valence-corrected chi connectivity index (χ1v) is 7.09. The van der Waals surface area contributed by atoms with Gasteiger partial charge < -0.3 is 9.52 Å². The van der Waals surface area contributed by atoms with Gasteiger partial charge in [0.1, 0.15) is 0 Å². The van der Waals surface area contributed by atoms with Crippen LogP contribution in [0.1, 0.15) is 12.8 Å². The van der Waals surface area contributed by atoms with E-state index in [1.54, 1.807) is 13.1 Å². The summed E-state index contributed by atoms with van der Waals surface area (Å²) in [6.07, 6.45) is 1.74. The van der Waals surface area contributed by atoms with Crippen LogP contribution in [0.2, 0.25) is 0 Å². The predicted molar refractivity (Wildman–Crippen MR) is 77.5 cm³/mol. The second-order valence-corrected chi connectivity index (χ2v) is 5.57. The first-order chi connectivity index (χ1) is 10.1. The molecular weight excluding hydrogens is 268 g/mol. The molecule has 1 saturated heterocycles. The summed E-state index contributed by atoms with van der Waals surface area (Å²) in [5.74, 6) is 0.663. The molecule has 2 heterocycles. The highest BCUT2D eigenvalue weighted by Crippen LogP contribution is 2.26. The molecule has 5 nitrogen and oxygen atoms in total. The van der Waals surface area contributed by atoms with Gasteiger partial charge in [0.25, 0.3) is 0 Å². The van der Waals surface area contributed by atoms with Crippen molar-refractivity contribution in [2.45, 2.75) is 13.5 Å². The second kappa shape index (κ2) is 5.69. The van der Waals surface area contributed by atoms with E-state index in [-0.39, 0.29) is 11.8 Å². The third-order valence-corrected chi connectivity index (χ3v) is 4.05. The Hall–Kier alpha value is -2.14. The van der Waals surface area contributed by atoms with Crippen molar-refractivity contribution in [2.24, 2.45) is 11.8 Å². The minimum absolute atomic E-state index is 0.228. The molecule has 0 aliphatic carbocycles. The van der Waals surface area contributed by atoms with E-state index in [1.807, 2.05) is 30.3 Å². The molecule has 1 aliphatic heterocycles. The lowest BCUT2D eigenvalue weighted by molar-refractivity contribution is -0.145. The molecule has 1 aromatic heterocycles. The monoisotopic (exact) mass is 286 g/mol. The van der Waals surface area contributed by atoms with Crippen molar-refractivity contribution in [2.75, 3.05) is 13.1 Å². The van der Waals surface area contributed by atoms with E-state index < -0.39 is 5.97 Å². The highest BCUT2D eigenvalue weighted by molar-refractivity contribution is 5.70. The zero-order valence-corrected chi connectivity index (χ0v) is 11.9. The Balaban J connectivity index is 1.56. The topological polar surface area (TPSA) is 66.6 Å². The summed E-state index contributed by atoms with van der Waals surface area (Å²) in [7, 11) is 0. The normalized spacial score (nSPS) is 17.4. The highest BCUT2D eigenvalue weighted by Gasteiger charge is 2.35. The first-order valence-electron chi connectivity index (χ1n) is 7.09. The van der Waals surface area contributed by atoms with Crippen LogP contribution in [0.4, 0.5) is 0 Å². The van der Waals surface area contributed by atoms with Gasteiger partial charge in [0.15, 0.2) is 5.76 Å². The maximum absolute atomic E-state index is 10.9. The Labute approximate surface area is 123 Å². The van der Waals surface area contributed by atoms with E-state index in [2.05, 4.69) is 9.88 Å². The van der Waals surface area contributed by atoms with Crippen LogP contribution in [0.25, 0.3) is 11.3 Å². The van der Waals surface area contributed by atoms with Crippen LogP contribution >= 0.6 is 0 Å². The summed E-state index contributed by atoms with van der Waals surface area (Å²) in [5, 5.41) is 8.97. The molecule has 1 N–H and O–H groups in total. The summed E-state index contributed by atoms with van der Waals surface area (Å²) in [6.45, 7) is 3.98. The van der Waals surface area contributed by atoms with Crippen molar-refractivity contribution in [1.29, 1.82) is 0 Å². The fraction of sp³-hybridized carbons (Fsp3) is 0.375. The smallest absolute Gasteiger partial charge is 0.306 e. The van der Waals surface area contributed by atoms with Crippen molar-refractivity contribution in [3.63, 3.8) is 0 Å². The number of aromatic nitrogens is 1. The van der Waals surface area contributed by atoms with Crippen LogP contribution in [0.3, 0.4) is 0 Å². The zero-order chi connectivity index (χ0) is 14.8. The Kier molecular flexibility index (Phi) is 3.75. The highest BCUT2D eigenvalue weighted by atomic mass is 16.4. The maximum Gasteiger partial charge on any atom is 0.306 e. The largest absolute Gasteiger partial charge is 0.481 e. The molecule has 0 saturated carbocycles. The molecule has 0 bridgehead atoms. The van der Waals surface area contributed by atoms with Gasteiger partial charge in [-0.25, -0.2) is 4.98 Å². The number of oxazole rings is 1. The van der Waals surface area contributed by atoms with Crippen LogP contribution in [0, 0.1) is 11.8 Å². The van der Waals surface area contributed by atoms with E-state index in [1.165, 1.54) is 0 Å². The van der Waals surface area contributed by atoms with Crippen molar-refractivity contribution in [3.05, 3.63) is 42.4 Å². The van der Waals surface area contributed by atoms with Gasteiger partial charge in [0.05, 0.1) is 18.7 Å². The Morgan fingerprint density at radius 3 is 2.81 bits per heavy atom. The van der Waals surface area contributed by atoms with Gasteiger partial charge in [0, 0.05) is 18.7 Å². The Bertz CT molecular complexity index is 617. The minimum atomic E-state index is -0.720. The van der Waals surface area contributed by atoms with Crippen LogP contribution in [0.15, 0.2) is 40.9 Å². The van der Waals surface area contributed by atoms with E-state index in [0.29, 0.717) is 12.4 Å². The van der Waals surface area contributed by atoms with Crippen molar-refractivity contribution >= 4 is 5.97 Å². The molecule has 0 amide bonds. The average Bonchev–Trinajstić information content (AvgIpc) is 2.91. The molecule has 1 aliphatic rings. The number of rotatable bonds is 5. The number of aliphatic carboxylic acids is 1. The van der Waals surface area contributed by atoms with Crippen molar-refractivity contribution in [1.82, 2.24) is 9.88 Å². The van der Waals surface area contributed by atoms with Crippen LogP contribution in [-0.2, 0) is 11.3 Å². The third kappa shape index (κ3) is 2.97.